The van der Waals surface area contributed by atoms with Crippen molar-refractivity contribution in [1.29, 1.82) is 0 Å². The zero-order chi connectivity index (χ0) is 12.6. The summed E-state index contributed by atoms with van der Waals surface area (Å²) < 4.78 is 1.04. The van der Waals surface area contributed by atoms with Gasteiger partial charge in [0.15, 0.2) is 0 Å². The van der Waals surface area contributed by atoms with Crippen molar-refractivity contribution in [2.45, 2.75) is 19.4 Å². The Morgan fingerprint density at radius 1 is 0.941 bits per heavy atom. The second-order valence-corrected chi connectivity index (χ2v) is 4.99. The number of hydrogen-bond acceptors (Lipinski definition) is 2. The normalized spacial score (nSPS) is 11.7. The molecule has 17 heavy (non-hydrogen) atoms. The van der Waals surface area contributed by atoms with Gasteiger partial charge in [-0.2, -0.15) is 0 Å². The van der Waals surface area contributed by atoms with Crippen LogP contribution in [0.3, 0.4) is 0 Å². The highest BCUT2D eigenvalue weighted by Crippen LogP contribution is 2.13. The van der Waals surface area contributed by atoms with Crippen LogP contribution in [0.25, 0.3) is 0 Å². The number of nitrogens with two attached hydrogens (primary N) is 2. The molecule has 1 aromatic rings. The Bertz CT molecular complexity index is 290. The average molecular weight is 236 g/mol. The summed E-state index contributed by atoms with van der Waals surface area (Å²) in [5.41, 5.74) is 12.6. The molecule has 0 saturated heterocycles. The molecule has 0 aromatic heterocycles. The maximum absolute atomic E-state index is 5.62. The minimum atomic E-state index is 0.769. The molecule has 0 aliphatic heterocycles. The largest absolute Gasteiger partial charge is 0.330 e. The standard InChI is InChI=1S/C14H26N3/c1-17(11-5-9-15,12-6-10-16)13-14-7-3-2-4-8-14/h2-4,7-8H,5-6,9-13,15-16H2,1H3/q+1. The van der Waals surface area contributed by atoms with Gasteiger partial charge in [0.1, 0.15) is 6.54 Å². The third-order valence-electron chi connectivity index (χ3n) is 3.21. The second kappa shape index (κ2) is 7.43. The molecule has 0 spiro atoms. The van der Waals surface area contributed by atoms with Crippen LogP contribution < -0.4 is 11.5 Å². The monoisotopic (exact) mass is 236 g/mol. The van der Waals surface area contributed by atoms with E-state index in [4.69, 9.17) is 11.5 Å². The summed E-state index contributed by atoms with van der Waals surface area (Å²) >= 11 is 0. The molecule has 3 heteroatoms. The van der Waals surface area contributed by atoms with Gasteiger partial charge in [-0.1, -0.05) is 30.3 Å². The van der Waals surface area contributed by atoms with E-state index >= 15 is 0 Å². The lowest BCUT2D eigenvalue weighted by Gasteiger charge is -2.34. The molecule has 0 atom stereocenters. The Morgan fingerprint density at radius 3 is 1.94 bits per heavy atom. The first-order chi connectivity index (χ1) is 8.20. The van der Waals surface area contributed by atoms with Gasteiger partial charge in [-0.05, 0) is 13.1 Å². The average Bonchev–Trinajstić information content (AvgIpc) is 2.35. The Hall–Kier alpha value is -0.900. The third-order valence-corrected chi connectivity index (χ3v) is 3.21. The maximum Gasteiger partial charge on any atom is 0.104 e. The minimum Gasteiger partial charge on any atom is -0.330 e. The van der Waals surface area contributed by atoms with E-state index in [-0.39, 0.29) is 0 Å². The fraction of sp³-hybridized carbons (Fsp3) is 0.571. The van der Waals surface area contributed by atoms with E-state index in [1.165, 1.54) is 5.56 Å². The molecule has 0 fully saturated rings. The first-order valence-corrected chi connectivity index (χ1v) is 6.48. The van der Waals surface area contributed by atoms with Gasteiger partial charge >= 0.3 is 0 Å². The number of nitrogens with zero attached hydrogens (tertiary/aromatic N) is 1. The Morgan fingerprint density at radius 2 is 1.47 bits per heavy atom. The Kier molecular flexibility index (Phi) is 6.19. The summed E-state index contributed by atoms with van der Waals surface area (Å²) in [6.07, 6.45) is 2.15. The molecule has 0 saturated carbocycles. The van der Waals surface area contributed by atoms with E-state index in [1.807, 2.05) is 0 Å². The van der Waals surface area contributed by atoms with Crippen molar-refractivity contribution >= 4 is 0 Å². The number of hydrogen-bond donors (Lipinski definition) is 2. The first-order valence-electron chi connectivity index (χ1n) is 6.48. The summed E-state index contributed by atoms with van der Waals surface area (Å²) in [5, 5.41) is 0. The predicted molar refractivity (Wildman–Crippen MR) is 73.4 cm³/mol. The molecular weight excluding hydrogens is 210 g/mol. The predicted octanol–water partition coefficient (Wildman–Crippen LogP) is 1.33. The molecule has 4 N–H and O–H groups in total. The van der Waals surface area contributed by atoms with E-state index in [2.05, 4.69) is 37.4 Å². The summed E-state index contributed by atoms with van der Waals surface area (Å²) in [7, 11) is 2.30. The molecular formula is C14H26N3+. The molecule has 0 heterocycles. The molecule has 0 radical (unpaired) electrons. The second-order valence-electron chi connectivity index (χ2n) is 4.99. The van der Waals surface area contributed by atoms with Gasteiger partial charge < -0.3 is 16.0 Å². The van der Waals surface area contributed by atoms with Crippen LogP contribution in [0.1, 0.15) is 18.4 Å². The van der Waals surface area contributed by atoms with Gasteiger partial charge in [0, 0.05) is 18.4 Å². The molecule has 0 aliphatic carbocycles. The SMILES string of the molecule is C[N+](CCCN)(CCCN)Cc1ccccc1. The van der Waals surface area contributed by atoms with Gasteiger partial charge in [0.2, 0.25) is 0 Å². The van der Waals surface area contributed by atoms with Crippen LogP contribution in [0, 0.1) is 0 Å². The summed E-state index contributed by atoms with van der Waals surface area (Å²) in [6, 6.07) is 10.7. The van der Waals surface area contributed by atoms with E-state index < -0.39 is 0 Å². The van der Waals surface area contributed by atoms with Gasteiger partial charge in [0.05, 0.1) is 20.1 Å². The third kappa shape index (κ3) is 5.31. The molecule has 0 unspecified atom stereocenters. The zero-order valence-electron chi connectivity index (χ0n) is 10.9. The Balaban J connectivity index is 2.61. The van der Waals surface area contributed by atoms with Crippen LogP contribution in [0.2, 0.25) is 0 Å². The van der Waals surface area contributed by atoms with Crippen LogP contribution in [-0.4, -0.2) is 37.7 Å². The van der Waals surface area contributed by atoms with Crippen molar-refractivity contribution in [3.63, 3.8) is 0 Å². The van der Waals surface area contributed by atoms with Crippen molar-refractivity contribution in [2.75, 3.05) is 33.2 Å². The van der Waals surface area contributed by atoms with E-state index in [9.17, 15) is 0 Å². The maximum atomic E-state index is 5.62. The quantitative estimate of drug-likeness (QED) is 0.669. The highest BCUT2D eigenvalue weighted by atomic mass is 15.3. The minimum absolute atomic E-state index is 0.769. The molecule has 96 valence electrons. The molecule has 1 rings (SSSR count). The van der Waals surface area contributed by atoms with Crippen molar-refractivity contribution in [3.05, 3.63) is 35.9 Å². The van der Waals surface area contributed by atoms with Gasteiger partial charge in [-0.15, -0.1) is 0 Å². The van der Waals surface area contributed by atoms with Gasteiger partial charge in [-0.3, -0.25) is 0 Å². The highest BCUT2D eigenvalue weighted by molar-refractivity contribution is 5.13. The van der Waals surface area contributed by atoms with E-state index in [1.54, 1.807) is 0 Å². The summed E-state index contributed by atoms with van der Waals surface area (Å²) in [5.74, 6) is 0. The van der Waals surface area contributed by atoms with Crippen molar-refractivity contribution in [3.8, 4) is 0 Å². The fourth-order valence-corrected chi connectivity index (χ4v) is 2.24. The number of quaternary nitrogens is 1. The first kappa shape index (κ1) is 14.2. The zero-order valence-corrected chi connectivity index (χ0v) is 10.9. The number of rotatable bonds is 8. The smallest absolute Gasteiger partial charge is 0.104 e. The van der Waals surface area contributed by atoms with Crippen LogP contribution in [0.4, 0.5) is 0 Å². The fourth-order valence-electron chi connectivity index (χ4n) is 2.24. The van der Waals surface area contributed by atoms with Crippen molar-refractivity contribution in [2.24, 2.45) is 11.5 Å². The van der Waals surface area contributed by atoms with Gasteiger partial charge in [-0.25, -0.2) is 0 Å². The lowest BCUT2D eigenvalue weighted by Crippen LogP contribution is -2.45. The van der Waals surface area contributed by atoms with Gasteiger partial charge in [0.25, 0.3) is 0 Å². The lowest BCUT2D eigenvalue weighted by atomic mass is 10.1. The summed E-state index contributed by atoms with van der Waals surface area (Å²) in [6.45, 7) is 4.87. The molecule has 1 aromatic carbocycles. The van der Waals surface area contributed by atoms with E-state index in [0.717, 1.165) is 50.0 Å². The van der Waals surface area contributed by atoms with E-state index in [0.29, 0.717) is 0 Å². The summed E-state index contributed by atoms with van der Waals surface area (Å²) in [4.78, 5) is 0. The van der Waals surface area contributed by atoms with Crippen molar-refractivity contribution in [1.82, 2.24) is 0 Å². The molecule has 0 amide bonds. The molecule has 0 bridgehead atoms. The topological polar surface area (TPSA) is 52.0 Å². The van der Waals surface area contributed by atoms with Crippen molar-refractivity contribution < 1.29 is 4.48 Å². The lowest BCUT2D eigenvalue weighted by molar-refractivity contribution is -0.922. The molecule has 3 nitrogen and oxygen atoms in total. The molecule has 0 aliphatic rings. The highest BCUT2D eigenvalue weighted by Gasteiger charge is 2.20. The Labute approximate surface area is 105 Å². The number of benzene rings is 1. The van der Waals surface area contributed by atoms with Crippen LogP contribution in [0.15, 0.2) is 30.3 Å². The van der Waals surface area contributed by atoms with Crippen LogP contribution in [0.5, 0.6) is 0 Å². The van der Waals surface area contributed by atoms with Crippen LogP contribution >= 0.6 is 0 Å². The van der Waals surface area contributed by atoms with Crippen LogP contribution in [-0.2, 0) is 6.54 Å².